The fourth-order valence-corrected chi connectivity index (χ4v) is 3.50. The van der Waals surface area contributed by atoms with Crippen LogP contribution in [0, 0.1) is 0 Å². The largest absolute Gasteiger partial charge is 0.508 e. The second kappa shape index (κ2) is 8.17. The molecule has 5 nitrogen and oxygen atoms in total. The SMILES string of the molecule is C=CCN1CCN(C(c2ccc(C(=O)O)cc2)c2cccc(O)c2)CC1. The van der Waals surface area contributed by atoms with Gasteiger partial charge in [-0.05, 0) is 35.4 Å². The maximum Gasteiger partial charge on any atom is 0.335 e. The molecule has 0 aromatic heterocycles. The predicted octanol–water partition coefficient (Wildman–Crippen LogP) is 2.98. The summed E-state index contributed by atoms with van der Waals surface area (Å²) < 4.78 is 0. The lowest BCUT2D eigenvalue weighted by Crippen LogP contribution is -2.47. The number of carboxylic acid groups (broad SMARTS) is 1. The average Bonchev–Trinajstić information content (AvgIpc) is 2.64. The van der Waals surface area contributed by atoms with Gasteiger partial charge in [-0.2, -0.15) is 0 Å². The number of piperazine rings is 1. The van der Waals surface area contributed by atoms with Gasteiger partial charge in [-0.25, -0.2) is 4.79 Å². The first-order chi connectivity index (χ1) is 12.6. The predicted molar refractivity (Wildman–Crippen MR) is 102 cm³/mol. The van der Waals surface area contributed by atoms with Crippen LogP contribution in [-0.2, 0) is 0 Å². The number of hydrogen-bond donors (Lipinski definition) is 2. The molecule has 2 N–H and O–H groups in total. The van der Waals surface area contributed by atoms with Gasteiger partial charge in [0.05, 0.1) is 11.6 Å². The molecule has 136 valence electrons. The van der Waals surface area contributed by atoms with Gasteiger partial charge in [0, 0.05) is 32.7 Å². The lowest BCUT2D eigenvalue weighted by atomic mass is 9.95. The van der Waals surface area contributed by atoms with Gasteiger partial charge in [0.25, 0.3) is 0 Å². The van der Waals surface area contributed by atoms with Crippen LogP contribution in [0.4, 0.5) is 0 Å². The van der Waals surface area contributed by atoms with Gasteiger partial charge < -0.3 is 10.2 Å². The van der Waals surface area contributed by atoms with Gasteiger partial charge in [0.15, 0.2) is 0 Å². The summed E-state index contributed by atoms with van der Waals surface area (Å²) >= 11 is 0. The highest BCUT2D eigenvalue weighted by atomic mass is 16.4. The van der Waals surface area contributed by atoms with E-state index in [0.717, 1.165) is 43.9 Å². The summed E-state index contributed by atoms with van der Waals surface area (Å²) in [6, 6.07) is 14.3. The van der Waals surface area contributed by atoms with Crippen molar-refractivity contribution in [3.63, 3.8) is 0 Å². The van der Waals surface area contributed by atoms with Gasteiger partial charge in [0.1, 0.15) is 5.75 Å². The summed E-state index contributed by atoms with van der Waals surface area (Å²) in [4.78, 5) is 15.9. The van der Waals surface area contributed by atoms with Gasteiger partial charge in [0.2, 0.25) is 0 Å². The van der Waals surface area contributed by atoms with E-state index in [0.29, 0.717) is 0 Å². The molecule has 1 unspecified atom stereocenters. The number of phenols is 1. The number of carboxylic acids is 1. The van der Waals surface area contributed by atoms with E-state index < -0.39 is 5.97 Å². The molecule has 1 saturated heterocycles. The Morgan fingerprint density at radius 1 is 1.08 bits per heavy atom. The first kappa shape index (κ1) is 18.2. The summed E-state index contributed by atoms with van der Waals surface area (Å²) in [6.07, 6.45) is 1.92. The maximum atomic E-state index is 11.1. The summed E-state index contributed by atoms with van der Waals surface area (Å²) in [5.74, 6) is -0.691. The molecule has 0 amide bonds. The van der Waals surface area contributed by atoms with Crippen LogP contribution in [0.25, 0.3) is 0 Å². The molecular weight excluding hydrogens is 328 g/mol. The molecule has 1 aliphatic rings. The van der Waals surface area contributed by atoms with E-state index in [9.17, 15) is 9.90 Å². The molecule has 1 fully saturated rings. The van der Waals surface area contributed by atoms with Crippen molar-refractivity contribution >= 4 is 5.97 Å². The van der Waals surface area contributed by atoms with Crippen LogP contribution in [0.5, 0.6) is 5.75 Å². The molecule has 3 rings (SSSR count). The number of nitrogens with zero attached hydrogens (tertiary/aromatic N) is 2. The summed E-state index contributed by atoms with van der Waals surface area (Å²) in [7, 11) is 0. The minimum Gasteiger partial charge on any atom is -0.508 e. The zero-order valence-electron chi connectivity index (χ0n) is 14.7. The number of aromatic hydroxyl groups is 1. The van der Waals surface area contributed by atoms with Crippen LogP contribution in [0.1, 0.15) is 27.5 Å². The Morgan fingerprint density at radius 3 is 2.35 bits per heavy atom. The molecule has 0 saturated carbocycles. The average molecular weight is 352 g/mol. The molecule has 26 heavy (non-hydrogen) atoms. The van der Waals surface area contributed by atoms with Crippen molar-refractivity contribution in [2.45, 2.75) is 6.04 Å². The molecule has 2 aromatic carbocycles. The van der Waals surface area contributed by atoms with E-state index >= 15 is 0 Å². The summed E-state index contributed by atoms with van der Waals surface area (Å²) in [5.41, 5.74) is 2.31. The van der Waals surface area contributed by atoms with E-state index in [4.69, 9.17) is 5.11 Å². The Kier molecular flexibility index (Phi) is 5.71. The van der Waals surface area contributed by atoms with Crippen LogP contribution in [0.3, 0.4) is 0 Å². The van der Waals surface area contributed by atoms with Crippen molar-refractivity contribution in [1.29, 1.82) is 0 Å². The first-order valence-corrected chi connectivity index (χ1v) is 8.78. The normalized spacial score (nSPS) is 16.9. The monoisotopic (exact) mass is 352 g/mol. The second-order valence-electron chi connectivity index (χ2n) is 6.55. The fraction of sp³-hybridized carbons (Fsp3) is 0.286. The number of hydrogen-bond acceptors (Lipinski definition) is 4. The van der Waals surface area contributed by atoms with Crippen molar-refractivity contribution in [2.75, 3.05) is 32.7 Å². The molecule has 5 heteroatoms. The number of benzene rings is 2. The molecule has 1 heterocycles. The van der Waals surface area contributed by atoms with Crippen LogP contribution < -0.4 is 0 Å². The molecule has 0 bridgehead atoms. The highest BCUT2D eigenvalue weighted by molar-refractivity contribution is 5.87. The smallest absolute Gasteiger partial charge is 0.335 e. The van der Waals surface area contributed by atoms with E-state index in [1.807, 2.05) is 30.3 Å². The zero-order chi connectivity index (χ0) is 18.5. The third-order valence-electron chi connectivity index (χ3n) is 4.82. The van der Waals surface area contributed by atoms with E-state index in [1.165, 1.54) is 0 Å². The Bertz CT molecular complexity index is 765. The van der Waals surface area contributed by atoms with Gasteiger partial charge in [-0.1, -0.05) is 30.3 Å². The van der Waals surface area contributed by atoms with Crippen LogP contribution in [0.15, 0.2) is 61.2 Å². The molecule has 1 atom stereocenters. The van der Waals surface area contributed by atoms with Gasteiger partial charge in [-0.15, -0.1) is 6.58 Å². The number of aromatic carboxylic acids is 1. The number of carbonyl (C=O) groups is 1. The zero-order valence-corrected chi connectivity index (χ0v) is 14.7. The number of phenolic OH excluding ortho intramolecular Hbond substituents is 1. The maximum absolute atomic E-state index is 11.1. The van der Waals surface area contributed by atoms with Crippen molar-refractivity contribution in [3.05, 3.63) is 77.9 Å². The van der Waals surface area contributed by atoms with Crippen LogP contribution >= 0.6 is 0 Å². The second-order valence-corrected chi connectivity index (χ2v) is 6.55. The lowest BCUT2D eigenvalue weighted by Gasteiger charge is -2.39. The standard InChI is InChI=1S/C21H24N2O3/c1-2-10-22-11-13-23(14-12-22)20(18-4-3-5-19(24)15-18)16-6-8-17(9-7-16)21(25)26/h2-9,15,20,24H,1,10-14H2,(H,25,26). The molecule has 2 aromatic rings. The van der Waals surface area contributed by atoms with Crippen molar-refractivity contribution < 1.29 is 15.0 Å². The van der Waals surface area contributed by atoms with E-state index in [-0.39, 0.29) is 17.4 Å². The molecule has 0 aliphatic carbocycles. The lowest BCUT2D eigenvalue weighted by molar-refractivity contribution is 0.0696. The highest BCUT2D eigenvalue weighted by Gasteiger charge is 2.26. The number of rotatable bonds is 6. The van der Waals surface area contributed by atoms with Crippen molar-refractivity contribution in [3.8, 4) is 5.75 Å². The van der Waals surface area contributed by atoms with Crippen molar-refractivity contribution in [2.24, 2.45) is 0 Å². The van der Waals surface area contributed by atoms with Crippen LogP contribution in [0.2, 0.25) is 0 Å². The Labute approximate surface area is 153 Å². The first-order valence-electron chi connectivity index (χ1n) is 8.78. The quantitative estimate of drug-likeness (QED) is 0.783. The third-order valence-corrected chi connectivity index (χ3v) is 4.82. The highest BCUT2D eigenvalue weighted by Crippen LogP contribution is 2.31. The fourth-order valence-electron chi connectivity index (χ4n) is 3.50. The van der Waals surface area contributed by atoms with Crippen molar-refractivity contribution in [1.82, 2.24) is 9.80 Å². The van der Waals surface area contributed by atoms with Gasteiger partial charge >= 0.3 is 5.97 Å². The Morgan fingerprint density at radius 2 is 1.77 bits per heavy atom. The summed E-state index contributed by atoms with van der Waals surface area (Å²) in [6.45, 7) is 8.39. The molecule has 0 radical (unpaired) electrons. The van der Waals surface area contributed by atoms with E-state index in [2.05, 4.69) is 16.4 Å². The topological polar surface area (TPSA) is 64.0 Å². The molecule has 0 spiro atoms. The minimum absolute atomic E-state index is 0.0178. The third kappa shape index (κ3) is 4.12. The van der Waals surface area contributed by atoms with E-state index in [1.54, 1.807) is 24.3 Å². The Hall–Kier alpha value is -2.63. The van der Waals surface area contributed by atoms with Crippen LogP contribution in [-0.4, -0.2) is 58.7 Å². The molecular formula is C21H24N2O3. The molecule has 1 aliphatic heterocycles. The Balaban J connectivity index is 1.90. The minimum atomic E-state index is -0.927. The van der Waals surface area contributed by atoms with Gasteiger partial charge in [-0.3, -0.25) is 9.80 Å². The summed E-state index contributed by atoms with van der Waals surface area (Å²) in [5, 5.41) is 19.1.